The molecule has 0 unspecified atom stereocenters. The minimum atomic E-state index is -3.73. The van der Waals surface area contributed by atoms with Gasteiger partial charge in [0.15, 0.2) is 0 Å². The molecule has 6 nitrogen and oxygen atoms in total. The first-order valence-corrected chi connectivity index (χ1v) is 8.46. The Bertz CT molecular complexity index is 580. The van der Waals surface area contributed by atoms with E-state index < -0.39 is 9.05 Å². The number of likely N-dealkylation sites (N-methyl/N-ethyl adjacent to an activating group) is 1. The summed E-state index contributed by atoms with van der Waals surface area (Å²) in [6.45, 7) is 3.04. The van der Waals surface area contributed by atoms with E-state index in [-0.39, 0.29) is 10.9 Å². The van der Waals surface area contributed by atoms with Crippen molar-refractivity contribution < 1.29 is 13.2 Å². The van der Waals surface area contributed by atoms with Crippen molar-refractivity contribution in [2.24, 2.45) is 0 Å². The van der Waals surface area contributed by atoms with Gasteiger partial charge in [-0.05, 0) is 31.3 Å². The summed E-state index contributed by atoms with van der Waals surface area (Å²) in [6, 6.07) is 5.58. The van der Waals surface area contributed by atoms with E-state index in [1.807, 2.05) is 7.05 Å². The minimum absolute atomic E-state index is 0.0109. The molecule has 0 spiro atoms. The highest BCUT2D eigenvalue weighted by Gasteiger charge is 2.19. The molecule has 2 rings (SSSR count). The van der Waals surface area contributed by atoms with Crippen LogP contribution in [0.3, 0.4) is 0 Å². The highest BCUT2D eigenvalue weighted by molar-refractivity contribution is 8.13. The number of halogens is 1. The van der Waals surface area contributed by atoms with E-state index in [1.54, 1.807) is 4.90 Å². The maximum Gasteiger partial charge on any atom is 0.321 e. The van der Waals surface area contributed by atoms with Crippen LogP contribution in [0.4, 0.5) is 10.5 Å². The second kappa shape index (κ2) is 5.99. The van der Waals surface area contributed by atoms with Gasteiger partial charge in [-0.3, -0.25) is 0 Å². The molecule has 0 aromatic heterocycles. The molecule has 1 aliphatic rings. The Morgan fingerprint density at radius 1 is 1.15 bits per heavy atom. The summed E-state index contributed by atoms with van der Waals surface area (Å²) in [4.78, 5) is 15.9. The quantitative estimate of drug-likeness (QED) is 0.837. The summed E-state index contributed by atoms with van der Waals surface area (Å²) >= 11 is 0. The third-order valence-corrected chi connectivity index (χ3v) is 4.55. The Kier molecular flexibility index (Phi) is 4.52. The van der Waals surface area contributed by atoms with E-state index in [4.69, 9.17) is 10.7 Å². The molecule has 0 bridgehead atoms. The predicted molar refractivity (Wildman–Crippen MR) is 77.6 cm³/mol. The number of amides is 2. The van der Waals surface area contributed by atoms with Gasteiger partial charge in [-0.1, -0.05) is 0 Å². The van der Waals surface area contributed by atoms with Crippen LogP contribution in [0, 0.1) is 0 Å². The molecule has 1 aromatic rings. The van der Waals surface area contributed by atoms with Crippen molar-refractivity contribution in [1.29, 1.82) is 0 Å². The van der Waals surface area contributed by atoms with Gasteiger partial charge in [0.1, 0.15) is 0 Å². The number of carbonyl (C=O) groups excluding carboxylic acids is 1. The standard InChI is InChI=1S/C12H16ClN3O3S/c1-15-6-8-16(9-7-15)12(17)14-10-2-4-11(5-3-10)20(13,18)19/h2-5H,6-9H2,1H3,(H,14,17). The number of rotatable bonds is 2. The minimum Gasteiger partial charge on any atom is -0.322 e. The molecule has 2 amide bonds. The average Bonchev–Trinajstić information content (AvgIpc) is 2.39. The fraction of sp³-hybridized carbons (Fsp3) is 0.417. The Morgan fingerprint density at radius 3 is 2.20 bits per heavy atom. The first-order valence-electron chi connectivity index (χ1n) is 6.15. The molecular weight excluding hydrogens is 302 g/mol. The summed E-state index contributed by atoms with van der Waals surface area (Å²) in [5, 5.41) is 2.74. The van der Waals surface area contributed by atoms with Crippen LogP contribution in [0.5, 0.6) is 0 Å². The second-order valence-electron chi connectivity index (χ2n) is 4.68. The molecule has 1 fully saturated rings. The van der Waals surface area contributed by atoms with E-state index in [2.05, 4.69) is 10.2 Å². The molecule has 1 aromatic carbocycles. The van der Waals surface area contributed by atoms with Crippen LogP contribution >= 0.6 is 10.7 Å². The number of urea groups is 1. The molecule has 1 saturated heterocycles. The van der Waals surface area contributed by atoms with Crippen LogP contribution in [-0.2, 0) is 9.05 Å². The van der Waals surface area contributed by atoms with Crippen molar-refractivity contribution in [3.05, 3.63) is 24.3 Å². The van der Waals surface area contributed by atoms with E-state index in [9.17, 15) is 13.2 Å². The van der Waals surface area contributed by atoms with Crippen LogP contribution in [-0.4, -0.2) is 57.5 Å². The molecule has 1 heterocycles. The van der Waals surface area contributed by atoms with Gasteiger partial charge in [-0.2, -0.15) is 0 Å². The monoisotopic (exact) mass is 317 g/mol. The van der Waals surface area contributed by atoms with Gasteiger partial charge < -0.3 is 15.1 Å². The average molecular weight is 318 g/mol. The lowest BCUT2D eigenvalue weighted by atomic mass is 10.3. The van der Waals surface area contributed by atoms with Crippen molar-refractivity contribution in [2.45, 2.75) is 4.90 Å². The van der Waals surface area contributed by atoms with Crippen molar-refractivity contribution >= 4 is 31.5 Å². The third kappa shape index (κ3) is 3.84. The molecule has 1 aliphatic heterocycles. The number of anilines is 1. The Labute approximate surface area is 122 Å². The van der Waals surface area contributed by atoms with Crippen molar-refractivity contribution in [3.8, 4) is 0 Å². The Morgan fingerprint density at radius 2 is 1.70 bits per heavy atom. The summed E-state index contributed by atoms with van der Waals surface area (Å²) < 4.78 is 22.2. The molecule has 110 valence electrons. The first kappa shape index (κ1) is 15.1. The molecular formula is C12H16ClN3O3S. The van der Waals surface area contributed by atoms with Crippen molar-refractivity contribution in [2.75, 3.05) is 38.5 Å². The van der Waals surface area contributed by atoms with Gasteiger partial charge in [0.05, 0.1) is 4.90 Å². The zero-order valence-corrected chi connectivity index (χ0v) is 12.6. The van der Waals surface area contributed by atoms with Crippen LogP contribution in [0.15, 0.2) is 29.2 Å². The lowest BCUT2D eigenvalue weighted by Crippen LogP contribution is -2.48. The number of nitrogens with zero attached hydrogens (tertiary/aromatic N) is 2. The zero-order valence-electron chi connectivity index (χ0n) is 11.0. The molecule has 0 radical (unpaired) electrons. The molecule has 0 atom stereocenters. The second-order valence-corrected chi connectivity index (χ2v) is 7.25. The maximum absolute atomic E-state index is 12.0. The van der Waals surface area contributed by atoms with Gasteiger partial charge in [-0.25, -0.2) is 13.2 Å². The van der Waals surface area contributed by atoms with E-state index >= 15 is 0 Å². The summed E-state index contributed by atoms with van der Waals surface area (Å²) in [7, 11) is 3.51. The number of piperazine rings is 1. The van der Waals surface area contributed by atoms with Gasteiger partial charge in [0.25, 0.3) is 9.05 Å². The molecule has 8 heteroatoms. The first-order chi connectivity index (χ1) is 9.36. The third-order valence-electron chi connectivity index (χ3n) is 3.18. The van der Waals surface area contributed by atoms with E-state index in [1.165, 1.54) is 24.3 Å². The SMILES string of the molecule is CN1CCN(C(=O)Nc2ccc(S(=O)(=O)Cl)cc2)CC1. The van der Waals surface area contributed by atoms with Gasteiger partial charge in [0.2, 0.25) is 0 Å². The Hall–Kier alpha value is -1.31. The highest BCUT2D eigenvalue weighted by atomic mass is 35.7. The lowest BCUT2D eigenvalue weighted by molar-refractivity contribution is 0.164. The number of hydrogen-bond donors (Lipinski definition) is 1. The fourth-order valence-electron chi connectivity index (χ4n) is 1.91. The summed E-state index contributed by atoms with van der Waals surface area (Å²) in [6.07, 6.45) is 0. The number of nitrogens with one attached hydrogen (secondary N) is 1. The lowest BCUT2D eigenvalue weighted by Gasteiger charge is -2.32. The topological polar surface area (TPSA) is 69.7 Å². The van der Waals surface area contributed by atoms with E-state index in [0.717, 1.165) is 13.1 Å². The fourth-order valence-corrected chi connectivity index (χ4v) is 2.68. The summed E-state index contributed by atoms with van der Waals surface area (Å²) in [5.41, 5.74) is 0.540. The normalized spacial score (nSPS) is 17.0. The van der Waals surface area contributed by atoms with Crippen LogP contribution in [0.1, 0.15) is 0 Å². The number of carbonyl (C=O) groups is 1. The highest BCUT2D eigenvalue weighted by Crippen LogP contribution is 2.18. The van der Waals surface area contributed by atoms with Gasteiger partial charge >= 0.3 is 6.03 Å². The number of benzene rings is 1. The molecule has 20 heavy (non-hydrogen) atoms. The van der Waals surface area contributed by atoms with Gasteiger partial charge in [0, 0.05) is 42.5 Å². The van der Waals surface area contributed by atoms with Crippen LogP contribution < -0.4 is 5.32 Å². The summed E-state index contributed by atoms with van der Waals surface area (Å²) in [5.74, 6) is 0. The van der Waals surface area contributed by atoms with E-state index in [0.29, 0.717) is 18.8 Å². The van der Waals surface area contributed by atoms with Crippen molar-refractivity contribution in [3.63, 3.8) is 0 Å². The number of hydrogen-bond acceptors (Lipinski definition) is 4. The van der Waals surface area contributed by atoms with Gasteiger partial charge in [-0.15, -0.1) is 0 Å². The van der Waals surface area contributed by atoms with Crippen molar-refractivity contribution in [1.82, 2.24) is 9.80 Å². The largest absolute Gasteiger partial charge is 0.322 e. The molecule has 0 aliphatic carbocycles. The van der Waals surface area contributed by atoms with Crippen LogP contribution in [0.25, 0.3) is 0 Å². The molecule has 1 N–H and O–H groups in total. The smallest absolute Gasteiger partial charge is 0.321 e. The maximum atomic E-state index is 12.0. The molecule has 0 saturated carbocycles. The van der Waals surface area contributed by atoms with Crippen LogP contribution in [0.2, 0.25) is 0 Å². The Balaban J connectivity index is 1.98. The predicted octanol–water partition coefficient (Wildman–Crippen LogP) is 1.39. The zero-order chi connectivity index (χ0) is 14.8.